The van der Waals surface area contributed by atoms with Crippen LogP contribution in [0.2, 0.25) is 10.0 Å². The number of likely N-dealkylation sites (N-methyl/N-ethyl adjacent to an activating group) is 1. The van der Waals surface area contributed by atoms with E-state index in [1.807, 2.05) is 58.1 Å². The van der Waals surface area contributed by atoms with E-state index >= 15 is 0 Å². The summed E-state index contributed by atoms with van der Waals surface area (Å²) in [5.41, 5.74) is 2.77. The van der Waals surface area contributed by atoms with Crippen molar-refractivity contribution in [3.63, 3.8) is 0 Å². The quantitative estimate of drug-likeness (QED) is 0.478. The van der Waals surface area contributed by atoms with E-state index in [9.17, 15) is 14.4 Å². The Morgan fingerprint density at radius 2 is 1.55 bits per heavy atom. The number of ether oxygens (including phenoxy) is 1. The zero-order valence-electron chi connectivity index (χ0n) is 24.4. The standard InChI is InChI=1S/C32H40Cl2N4O4/c1-22(39)37-12-9-25(10-13-37)32(41)38-14-11-30(27(21-38)26-7-8-28(33)29(34)19-26)35(2)31(40)24-5-3-23(4-6-24)20-36-15-17-42-18-16-36/h3-8,19,25,27,30H,9-18,20-21H2,1-2H3/t27-,30+/m0/s1. The van der Waals surface area contributed by atoms with Gasteiger partial charge in [-0.15, -0.1) is 0 Å². The Morgan fingerprint density at radius 1 is 0.881 bits per heavy atom. The van der Waals surface area contributed by atoms with Crippen molar-refractivity contribution in [2.45, 2.75) is 44.7 Å². The lowest BCUT2D eigenvalue weighted by Gasteiger charge is -2.44. The minimum absolute atomic E-state index is 0.0423. The number of nitrogens with zero attached hydrogens (tertiary/aromatic N) is 4. The van der Waals surface area contributed by atoms with Gasteiger partial charge in [0.15, 0.2) is 0 Å². The smallest absolute Gasteiger partial charge is 0.253 e. The van der Waals surface area contributed by atoms with Gasteiger partial charge in [0.25, 0.3) is 5.91 Å². The van der Waals surface area contributed by atoms with Crippen molar-refractivity contribution >= 4 is 40.9 Å². The molecule has 0 N–H and O–H groups in total. The van der Waals surface area contributed by atoms with Crippen LogP contribution in [-0.2, 0) is 20.9 Å². The predicted octanol–water partition coefficient (Wildman–Crippen LogP) is 4.54. The monoisotopic (exact) mass is 614 g/mol. The third kappa shape index (κ3) is 7.10. The highest BCUT2D eigenvalue weighted by Crippen LogP contribution is 2.35. The van der Waals surface area contributed by atoms with E-state index in [1.54, 1.807) is 13.0 Å². The molecule has 2 aromatic carbocycles. The molecule has 10 heteroatoms. The van der Waals surface area contributed by atoms with Gasteiger partial charge in [-0.05, 0) is 54.7 Å². The van der Waals surface area contributed by atoms with Crippen LogP contribution < -0.4 is 0 Å². The summed E-state index contributed by atoms with van der Waals surface area (Å²) in [7, 11) is 1.86. The topological polar surface area (TPSA) is 73.4 Å². The van der Waals surface area contributed by atoms with Crippen LogP contribution in [0.3, 0.4) is 0 Å². The third-order valence-corrected chi connectivity index (χ3v) is 9.82. The Kier molecular flexibility index (Phi) is 10.1. The Bertz CT molecular complexity index is 1280. The average molecular weight is 616 g/mol. The van der Waals surface area contributed by atoms with Crippen molar-refractivity contribution < 1.29 is 19.1 Å². The number of carbonyl (C=O) groups excluding carboxylic acids is 3. The van der Waals surface area contributed by atoms with Gasteiger partial charge in [-0.1, -0.05) is 41.4 Å². The van der Waals surface area contributed by atoms with Gasteiger partial charge in [-0.2, -0.15) is 0 Å². The van der Waals surface area contributed by atoms with Crippen LogP contribution in [0.4, 0.5) is 0 Å². The van der Waals surface area contributed by atoms with Crippen molar-refractivity contribution in [2.75, 3.05) is 59.5 Å². The first-order chi connectivity index (χ1) is 20.2. The molecule has 3 saturated heterocycles. The lowest BCUT2D eigenvalue weighted by Crippen LogP contribution is -2.53. The lowest BCUT2D eigenvalue weighted by molar-refractivity contribution is -0.141. The number of carbonyl (C=O) groups is 3. The van der Waals surface area contributed by atoms with Crippen LogP contribution in [0.5, 0.6) is 0 Å². The lowest BCUT2D eigenvalue weighted by atomic mass is 9.83. The van der Waals surface area contributed by atoms with Gasteiger partial charge in [-0.3, -0.25) is 19.3 Å². The highest BCUT2D eigenvalue weighted by molar-refractivity contribution is 6.42. The SMILES string of the molecule is CC(=O)N1CCC(C(=O)N2CC[C@@H](N(C)C(=O)c3ccc(CN4CCOCC4)cc3)[C@H](c3ccc(Cl)c(Cl)c3)C2)CC1. The van der Waals surface area contributed by atoms with Crippen LogP contribution in [-0.4, -0.2) is 103 Å². The second-order valence-corrected chi connectivity index (χ2v) is 12.5. The summed E-state index contributed by atoms with van der Waals surface area (Å²) in [6.07, 6.45) is 2.01. The minimum Gasteiger partial charge on any atom is -0.379 e. The molecule has 0 aliphatic carbocycles. The molecule has 226 valence electrons. The molecule has 2 atom stereocenters. The van der Waals surface area contributed by atoms with Crippen LogP contribution in [0.15, 0.2) is 42.5 Å². The van der Waals surface area contributed by atoms with Crippen LogP contribution in [0.25, 0.3) is 0 Å². The Balaban J connectivity index is 1.30. The van der Waals surface area contributed by atoms with Gasteiger partial charge >= 0.3 is 0 Å². The maximum absolute atomic E-state index is 13.7. The number of likely N-dealkylation sites (tertiary alicyclic amines) is 2. The van der Waals surface area contributed by atoms with Gasteiger partial charge in [-0.25, -0.2) is 0 Å². The Labute approximate surface area is 258 Å². The first-order valence-electron chi connectivity index (χ1n) is 14.9. The fourth-order valence-electron chi connectivity index (χ4n) is 6.50. The number of hydrogen-bond donors (Lipinski definition) is 0. The molecule has 0 saturated carbocycles. The highest BCUT2D eigenvalue weighted by atomic mass is 35.5. The highest BCUT2D eigenvalue weighted by Gasteiger charge is 2.39. The molecule has 0 aromatic heterocycles. The summed E-state index contributed by atoms with van der Waals surface area (Å²) >= 11 is 12.7. The number of benzene rings is 2. The number of halogens is 2. The van der Waals surface area contributed by atoms with E-state index in [0.717, 1.165) is 38.4 Å². The number of hydrogen-bond acceptors (Lipinski definition) is 5. The zero-order valence-corrected chi connectivity index (χ0v) is 25.9. The van der Waals surface area contributed by atoms with Gasteiger partial charge in [0.05, 0.1) is 23.3 Å². The normalized spacial score (nSPS) is 22.2. The maximum atomic E-state index is 13.7. The fourth-order valence-corrected chi connectivity index (χ4v) is 6.80. The minimum atomic E-state index is -0.121. The van der Waals surface area contributed by atoms with E-state index in [4.69, 9.17) is 27.9 Å². The van der Waals surface area contributed by atoms with Crippen LogP contribution in [0.1, 0.15) is 53.6 Å². The first kappa shape index (κ1) is 30.8. The molecule has 0 bridgehead atoms. The van der Waals surface area contributed by atoms with E-state index in [-0.39, 0.29) is 35.6 Å². The average Bonchev–Trinajstić information content (AvgIpc) is 3.02. The predicted molar refractivity (Wildman–Crippen MR) is 164 cm³/mol. The van der Waals surface area contributed by atoms with Crippen LogP contribution in [0, 0.1) is 5.92 Å². The Morgan fingerprint density at radius 3 is 2.19 bits per heavy atom. The molecule has 3 aliphatic rings. The summed E-state index contributed by atoms with van der Waals surface area (Å²) in [6, 6.07) is 13.4. The molecular formula is C32H40Cl2N4O4. The van der Waals surface area contributed by atoms with E-state index in [1.165, 1.54) is 5.56 Å². The van der Waals surface area contributed by atoms with E-state index < -0.39 is 0 Å². The van der Waals surface area contributed by atoms with Crippen LogP contribution >= 0.6 is 23.2 Å². The van der Waals surface area contributed by atoms with Gasteiger partial charge < -0.3 is 19.4 Å². The molecule has 3 amide bonds. The number of morpholine rings is 1. The Hall–Kier alpha value is -2.65. The molecule has 0 radical (unpaired) electrons. The molecular weight excluding hydrogens is 575 g/mol. The second-order valence-electron chi connectivity index (χ2n) is 11.7. The van der Waals surface area contributed by atoms with Crippen molar-refractivity contribution in [1.29, 1.82) is 0 Å². The van der Waals surface area contributed by atoms with E-state index in [2.05, 4.69) is 4.90 Å². The largest absolute Gasteiger partial charge is 0.379 e. The van der Waals surface area contributed by atoms with Crippen molar-refractivity contribution in [1.82, 2.24) is 19.6 Å². The molecule has 8 nitrogen and oxygen atoms in total. The molecule has 0 unspecified atom stereocenters. The number of piperidine rings is 2. The summed E-state index contributed by atoms with van der Waals surface area (Å²) in [4.78, 5) is 47.0. The van der Waals surface area contributed by atoms with Gasteiger partial charge in [0, 0.05) is 83.2 Å². The zero-order chi connectivity index (χ0) is 29.8. The molecule has 3 heterocycles. The molecule has 5 rings (SSSR count). The summed E-state index contributed by atoms with van der Waals surface area (Å²) in [6.45, 7) is 8.04. The second kappa shape index (κ2) is 13.8. The molecule has 3 fully saturated rings. The number of amides is 3. The summed E-state index contributed by atoms with van der Waals surface area (Å²) < 4.78 is 5.45. The van der Waals surface area contributed by atoms with Gasteiger partial charge in [0.1, 0.15) is 0 Å². The first-order valence-corrected chi connectivity index (χ1v) is 15.6. The van der Waals surface area contributed by atoms with Crippen molar-refractivity contribution in [2.24, 2.45) is 5.92 Å². The van der Waals surface area contributed by atoms with Gasteiger partial charge in [0.2, 0.25) is 11.8 Å². The maximum Gasteiger partial charge on any atom is 0.253 e. The third-order valence-electron chi connectivity index (χ3n) is 9.08. The summed E-state index contributed by atoms with van der Waals surface area (Å²) in [5.74, 6) is -0.0713. The van der Waals surface area contributed by atoms with Crippen molar-refractivity contribution in [3.8, 4) is 0 Å². The fraction of sp³-hybridized carbons (Fsp3) is 0.531. The molecule has 0 spiro atoms. The number of rotatable bonds is 6. The molecule has 3 aliphatic heterocycles. The van der Waals surface area contributed by atoms with E-state index in [0.29, 0.717) is 61.1 Å². The summed E-state index contributed by atoms with van der Waals surface area (Å²) in [5, 5.41) is 0.928. The molecule has 42 heavy (non-hydrogen) atoms. The van der Waals surface area contributed by atoms with Crippen molar-refractivity contribution in [3.05, 3.63) is 69.2 Å². The molecule has 2 aromatic rings.